The minimum atomic E-state index is -3.14. The molecule has 1 aromatic rings. The summed E-state index contributed by atoms with van der Waals surface area (Å²) >= 11 is 0. The monoisotopic (exact) mass is 413 g/mol. The molecule has 1 amide bonds. The van der Waals surface area contributed by atoms with Gasteiger partial charge in [-0.2, -0.15) is 0 Å². The summed E-state index contributed by atoms with van der Waals surface area (Å²) in [5.41, 5.74) is 0.146. The van der Waals surface area contributed by atoms with E-state index in [-0.39, 0.29) is 23.1 Å². The lowest BCUT2D eigenvalue weighted by molar-refractivity contribution is -0.138. The van der Waals surface area contributed by atoms with Gasteiger partial charge in [-0.1, -0.05) is 6.92 Å². The molecule has 156 valence electrons. The molecule has 1 aliphatic rings. The fourth-order valence-electron chi connectivity index (χ4n) is 3.25. The Morgan fingerprint density at radius 2 is 1.96 bits per heavy atom. The van der Waals surface area contributed by atoms with Gasteiger partial charge in [-0.15, -0.1) is 0 Å². The number of carbonyl (C=O) groups excluding carboxylic acids is 2. The number of ether oxygens (including phenoxy) is 3. The molecule has 2 atom stereocenters. The molecule has 0 aliphatic carbocycles. The maximum atomic E-state index is 12.8. The summed E-state index contributed by atoms with van der Waals surface area (Å²) in [6.07, 6.45) is 1.07. The molecule has 0 saturated carbocycles. The van der Waals surface area contributed by atoms with Gasteiger partial charge in [0.2, 0.25) is 0 Å². The molecule has 0 N–H and O–H groups in total. The fraction of sp³-hybridized carbons (Fsp3) is 0.579. The quantitative estimate of drug-likeness (QED) is 0.598. The smallest absolute Gasteiger partial charge is 0.342 e. The fourth-order valence-corrected chi connectivity index (χ4v) is 4.97. The first-order valence-electron chi connectivity index (χ1n) is 9.13. The van der Waals surface area contributed by atoms with Crippen molar-refractivity contribution in [2.45, 2.75) is 38.8 Å². The molecule has 0 spiro atoms. The predicted octanol–water partition coefficient (Wildman–Crippen LogP) is 1.67. The van der Waals surface area contributed by atoms with Crippen molar-refractivity contribution in [1.82, 2.24) is 4.90 Å². The van der Waals surface area contributed by atoms with Gasteiger partial charge in [0, 0.05) is 12.1 Å². The molecule has 1 aromatic carbocycles. The Morgan fingerprint density at radius 1 is 1.25 bits per heavy atom. The van der Waals surface area contributed by atoms with E-state index in [2.05, 4.69) is 0 Å². The molecular weight excluding hydrogens is 386 g/mol. The highest BCUT2D eigenvalue weighted by molar-refractivity contribution is 7.91. The lowest BCUT2D eigenvalue weighted by Gasteiger charge is -2.33. The summed E-state index contributed by atoms with van der Waals surface area (Å²) in [4.78, 5) is 26.8. The number of esters is 1. The third-order valence-electron chi connectivity index (χ3n) is 4.91. The largest absolute Gasteiger partial charge is 0.497 e. The molecule has 0 unspecified atom stereocenters. The molecule has 0 bridgehead atoms. The number of sulfone groups is 1. The van der Waals surface area contributed by atoms with E-state index in [1.807, 2.05) is 13.8 Å². The van der Waals surface area contributed by atoms with Crippen LogP contribution in [0, 0.1) is 0 Å². The first kappa shape index (κ1) is 22.0. The highest BCUT2D eigenvalue weighted by Crippen LogP contribution is 2.25. The van der Waals surface area contributed by atoms with Gasteiger partial charge in [-0.25, -0.2) is 13.2 Å². The molecular formula is C19H27NO7S. The Kier molecular flexibility index (Phi) is 7.29. The summed E-state index contributed by atoms with van der Waals surface area (Å²) in [5, 5.41) is 0. The van der Waals surface area contributed by atoms with Crippen LogP contribution in [0.5, 0.6) is 11.5 Å². The van der Waals surface area contributed by atoms with E-state index in [1.54, 1.807) is 17.0 Å². The van der Waals surface area contributed by atoms with E-state index in [4.69, 9.17) is 14.2 Å². The number of amides is 1. The second-order valence-corrected chi connectivity index (χ2v) is 8.99. The van der Waals surface area contributed by atoms with Crippen molar-refractivity contribution in [3.63, 3.8) is 0 Å². The molecule has 0 aromatic heterocycles. The van der Waals surface area contributed by atoms with Crippen LogP contribution in [0.1, 0.15) is 37.0 Å². The topological polar surface area (TPSA) is 99.2 Å². The zero-order valence-corrected chi connectivity index (χ0v) is 17.5. The lowest BCUT2D eigenvalue weighted by atomic mass is 10.1. The molecule has 28 heavy (non-hydrogen) atoms. The van der Waals surface area contributed by atoms with E-state index >= 15 is 0 Å². The maximum Gasteiger partial charge on any atom is 0.342 e. The molecule has 8 nitrogen and oxygen atoms in total. The lowest BCUT2D eigenvalue weighted by Crippen LogP contribution is -2.48. The van der Waals surface area contributed by atoms with E-state index in [9.17, 15) is 18.0 Å². The third kappa shape index (κ3) is 5.15. The van der Waals surface area contributed by atoms with Crippen LogP contribution in [0.15, 0.2) is 18.2 Å². The highest BCUT2D eigenvalue weighted by Gasteiger charge is 2.36. The average molecular weight is 413 g/mol. The number of benzene rings is 1. The van der Waals surface area contributed by atoms with Gasteiger partial charge in [0.15, 0.2) is 16.4 Å². The van der Waals surface area contributed by atoms with Crippen molar-refractivity contribution in [3.8, 4) is 11.5 Å². The summed E-state index contributed by atoms with van der Waals surface area (Å²) in [7, 11) is -0.241. The van der Waals surface area contributed by atoms with Crippen LogP contribution in [-0.2, 0) is 19.4 Å². The third-order valence-corrected chi connectivity index (χ3v) is 6.66. The summed E-state index contributed by atoms with van der Waals surface area (Å²) in [6.45, 7) is 3.30. The Bertz CT molecular complexity index is 822. The van der Waals surface area contributed by atoms with Crippen molar-refractivity contribution in [2.24, 2.45) is 0 Å². The number of carbonyl (C=O) groups is 2. The van der Waals surface area contributed by atoms with Crippen LogP contribution < -0.4 is 9.47 Å². The minimum absolute atomic E-state index is 0.0548. The Labute approximate surface area is 165 Å². The molecule has 1 fully saturated rings. The SMILES string of the molecule is CC[C@H](C)N(C(=O)COC(=O)c1cc(OC)ccc1OC)[C@H]1CCS(=O)(=O)C1. The molecule has 1 heterocycles. The van der Waals surface area contributed by atoms with Crippen LogP contribution in [0.4, 0.5) is 0 Å². The summed E-state index contributed by atoms with van der Waals surface area (Å²) in [6, 6.07) is 4.15. The van der Waals surface area contributed by atoms with Gasteiger partial charge in [0.1, 0.15) is 17.1 Å². The molecule has 1 aliphatic heterocycles. The Morgan fingerprint density at radius 3 is 2.50 bits per heavy atom. The van der Waals surface area contributed by atoms with Crippen molar-refractivity contribution < 1.29 is 32.2 Å². The van der Waals surface area contributed by atoms with Gasteiger partial charge in [0.05, 0.1) is 25.7 Å². The molecule has 9 heteroatoms. The standard InChI is InChI=1S/C19H27NO7S/c1-5-13(2)20(14-8-9-28(23,24)12-14)18(21)11-27-19(22)16-10-15(25-3)6-7-17(16)26-4/h6-7,10,13-14H,5,8-9,11-12H2,1-4H3/t13-,14-/m0/s1. The molecule has 2 rings (SSSR count). The number of methoxy groups -OCH3 is 2. The normalized spacial score (nSPS) is 18.9. The number of hydrogen-bond acceptors (Lipinski definition) is 7. The predicted molar refractivity (Wildman–Crippen MR) is 103 cm³/mol. The molecule has 1 saturated heterocycles. The van der Waals surface area contributed by atoms with Gasteiger partial charge in [0.25, 0.3) is 5.91 Å². The zero-order valence-electron chi connectivity index (χ0n) is 16.6. The van der Waals surface area contributed by atoms with Gasteiger partial charge < -0.3 is 19.1 Å². The first-order valence-corrected chi connectivity index (χ1v) is 10.9. The highest BCUT2D eigenvalue weighted by atomic mass is 32.2. The van der Waals surface area contributed by atoms with Crippen molar-refractivity contribution in [2.75, 3.05) is 32.3 Å². The zero-order chi connectivity index (χ0) is 20.9. The van der Waals surface area contributed by atoms with E-state index in [0.717, 1.165) is 0 Å². The van der Waals surface area contributed by atoms with Gasteiger partial charge in [-0.3, -0.25) is 4.79 Å². The van der Waals surface area contributed by atoms with E-state index in [0.29, 0.717) is 24.3 Å². The second kappa shape index (κ2) is 9.27. The number of nitrogens with zero attached hydrogens (tertiary/aromatic N) is 1. The van der Waals surface area contributed by atoms with Crippen molar-refractivity contribution in [1.29, 1.82) is 0 Å². The number of rotatable bonds is 8. The first-order chi connectivity index (χ1) is 13.2. The van der Waals surface area contributed by atoms with Gasteiger partial charge >= 0.3 is 5.97 Å². The van der Waals surface area contributed by atoms with Crippen LogP contribution in [-0.4, -0.2) is 69.6 Å². The van der Waals surface area contributed by atoms with E-state index in [1.165, 1.54) is 20.3 Å². The van der Waals surface area contributed by atoms with Gasteiger partial charge in [-0.05, 0) is 38.0 Å². The number of hydrogen-bond donors (Lipinski definition) is 0. The van der Waals surface area contributed by atoms with Crippen LogP contribution in [0.2, 0.25) is 0 Å². The van der Waals surface area contributed by atoms with Crippen LogP contribution in [0.25, 0.3) is 0 Å². The average Bonchev–Trinajstić information content (AvgIpc) is 3.04. The maximum absolute atomic E-state index is 12.8. The van der Waals surface area contributed by atoms with E-state index < -0.39 is 34.4 Å². The van der Waals surface area contributed by atoms with Crippen LogP contribution in [0.3, 0.4) is 0 Å². The van der Waals surface area contributed by atoms with Crippen molar-refractivity contribution >= 4 is 21.7 Å². The van der Waals surface area contributed by atoms with Crippen molar-refractivity contribution in [3.05, 3.63) is 23.8 Å². The van der Waals surface area contributed by atoms with Crippen LogP contribution >= 0.6 is 0 Å². The summed E-state index contributed by atoms with van der Waals surface area (Å²) in [5.74, 6) is -0.353. The molecule has 0 radical (unpaired) electrons. The second-order valence-electron chi connectivity index (χ2n) is 6.76. The summed E-state index contributed by atoms with van der Waals surface area (Å²) < 4.78 is 39.1. The minimum Gasteiger partial charge on any atom is -0.497 e. The Balaban J connectivity index is 2.11. The Hall–Kier alpha value is -2.29.